The van der Waals surface area contributed by atoms with Crippen LogP contribution < -0.4 is 5.32 Å². The Morgan fingerprint density at radius 3 is 2.11 bits per heavy atom. The Labute approximate surface area is 108 Å². The quantitative estimate of drug-likeness (QED) is 0.351. The molecule has 1 saturated heterocycles. The molecule has 0 spiro atoms. The molecule has 1 rings (SSSR count). The van der Waals surface area contributed by atoms with Crippen LogP contribution in [0, 0.1) is 0 Å². The summed E-state index contributed by atoms with van der Waals surface area (Å²) in [4.78, 5) is 23.3. The second-order valence-electron chi connectivity index (χ2n) is 4.28. The Morgan fingerprint density at radius 2 is 1.50 bits per heavy atom. The summed E-state index contributed by atoms with van der Waals surface area (Å²) < 4.78 is 9.31. The van der Waals surface area contributed by atoms with Gasteiger partial charge in [-0.05, 0) is 19.3 Å². The molecule has 5 heteroatoms. The lowest BCUT2D eigenvalue weighted by Gasteiger charge is -2.13. The van der Waals surface area contributed by atoms with E-state index in [2.05, 4.69) is 14.8 Å². The third kappa shape index (κ3) is 4.05. The third-order valence-electron chi connectivity index (χ3n) is 3.02. The summed E-state index contributed by atoms with van der Waals surface area (Å²) in [7, 11) is 2.53. The standard InChI is InChI=1S/C13H21NO4/c1-17-12(15)11(13(16)18-2)10-8-6-4-3-5-7-9-14-10/h14H,3-9H2,1-2H3. The zero-order valence-electron chi connectivity index (χ0n) is 11.1. The van der Waals surface area contributed by atoms with Crippen LogP contribution in [0.15, 0.2) is 11.3 Å². The molecule has 0 bridgehead atoms. The number of carbonyl (C=O) groups excluding carboxylic acids is 2. The van der Waals surface area contributed by atoms with Gasteiger partial charge in [0, 0.05) is 12.2 Å². The molecule has 0 aliphatic carbocycles. The summed E-state index contributed by atoms with van der Waals surface area (Å²) in [5, 5.41) is 3.17. The van der Waals surface area contributed by atoms with E-state index in [0.717, 1.165) is 25.8 Å². The van der Waals surface area contributed by atoms with Crippen LogP contribution in [0.3, 0.4) is 0 Å². The van der Waals surface area contributed by atoms with Crippen molar-refractivity contribution in [3.05, 3.63) is 11.3 Å². The predicted octanol–water partition coefficient (Wildman–Crippen LogP) is 1.53. The smallest absolute Gasteiger partial charge is 0.347 e. The minimum Gasteiger partial charge on any atom is -0.465 e. The average molecular weight is 255 g/mol. The van der Waals surface area contributed by atoms with Crippen molar-refractivity contribution in [1.82, 2.24) is 5.32 Å². The number of esters is 2. The number of rotatable bonds is 2. The maximum absolute atomic E-state index is 11.7. The van der Waals surface area contributed by atoms with E-state index < -0.39 is 11.9 Å². The zero-order chi connectivity index (χ0) is 13.4. The minimum absolute atomic E-state index is 0.00176. The third-order valence-corrected chi connectivity index (χ3v) is 3.02. The fourth-order valence-corrected chi connectivity index (χ4v) is 2.03. The first kappa shape index (κ1) is 14.5. The molecule has 0 aromatic carbocycles. The molecule has 0 atom stereocenters. The SMILES string of the molecule is COC(=O)C(C(=O)OC)=C1CCCCCCCN1. The van der Waals surface area contributed by atoms with E-state index in [4.69, 9.17) is 0 Å². The first-order valence-corrected chi connectivity index (χ1v) is 6.34. The molecule has 0 aromatic heterocycles. The summed E-state index contributed by atoms with van der Waals surface area (Å²) >= 11 is 0. The van der Waals surface area contributed by atoms with Crippen molar-refractivity contribution in [1.29, 1.82) is 0 Å². The highest BCUT2D eigenvalue weighted by atomic mass is 16.5. The van der Waals surface area contributed by atoms with E-state index in [9.17, 15) is 9.59 Å². The molecule has 18 heavy (non-hydrogen) atoms. The van der Waals surface area contributed by atoms with Gasteiger partial charge in [0.2, 0.25) is 0 Å². The van der Waals surface area contributed by atoms with E-state index in [1.54, 1.807) is 0 Å². The largest absolute Gasteiger partial charge is 0.465 e. The molecular weight excluding hydrogens is 234 g/mol. The van der Waals surface area contributed by atoms with Gasteiger partial charge < -0.3 is 14.8 Å². The van der Waals surface area contributed by atoms with Crippen molar-refractivity contribution >= 4 is 11.9 Å². The number of hydrogen-bond donors (Lipinski definition) is 1. The van der Waals surface area contributed by atoms with Gasteiger partial charge in [-0.1, -0.05) is 19.3 Å². The summed E-state index contributed by atoms with van der Waals surface area (Å²) in [5.74, 6) is -1.27. The van der Waals surface area contributed by atoms with Crippen LogP contribution in [0.1, 0.15) is 38.5 Å². The summed E-state index contributed by atoms with van der Waals surface area (Å²) in [6.45, 7) is 0.771. The zero-order valence-corrected chi connectivity index (χ0v) is 11.1. The summed E-state index contributed by atoms with van der Waals surface area (Å²) in [6.07, 6.45) is 6.16. The number of hydrogen-bond acceptors (Lipinski definition) is 5. The Morgan fingerprint density at radius 1 is 0.944 bits per heavy atom. The van der Waals surface area contributed by atoms with Crippen LogP contribution in [0.2, 0.25) is 0 Å². The number of nitrogens with one attached hydrogen (secondary N) is 1. The number of carbonyl (C=O) groups is 2. The van der Waals surface area contributed by atoms with Crippen LogP contribution in [0.5, 0.6) is 0 Å². The average Bonchev–Trinajstić information content (AvgIpc) is 2.52. The second kappa shape index (κ2) is 7.74. The van der Waals surface area contributed by atoms with E-state index in [-0.39, 0.29) is 5.57 Å². The van der Waals surface area contributed by atoms with Crippen LogP contribution in [0.25, 0.3) is 0 Å². The summed E-state index contributed by atoms with van der Waals surface area (Å²) in [5.41, 5.74) is 0.650. The monoisotopic (exact) mass is 255 g/mol. The number of allylic oxidation sites excluding steroid dienone is 1. The Kier molecular flexibility index (Phi) is 6.25. The van der Waals surface area contributed by atoms with E-state index in [0.29, 0.717) is 12.1 Å². The van der Waals surface area contributed by atoms with Crippen molar-refractivity contribution in [3.8, 4) is 0 Å². The van der Waals surface area contributed by atoms with E-state index >= 15 is 0 Å². The molecule has 1 fully saturated rings. The van der Waals surface area contributed by atoms with Gasteiger partial charge in [-0.15, -0.1) is 0 Å². The van der Waals surface area contributed by atoms with Gasteiger partial charge in [-0.2, -0.15) is 0 Å². The fraction of sp³-hybridized carbons (Fsp3) is 0.692. The van der Waals surface area contributed by atoms with Crippen LogP contribution >= 0.6 is 0 Å². The Bertz CT molecular complexity index is 306. The van der Waals surface area contributed by atoms with Crippen molar-refractivity contribution < 1.29 is 19.1 Å². The lowest BCUT2D eigenvalue weighted by molar-refractivity contribution is -0.144. The van der Waals surface area contributed by atoms with Gasteiger partial charge in [0.25, 0.3) is 0 Å². The van der Waals surface area contributed by atoms with Gasteiger partial charge in [0.15, 0.2) is 5.57 Å². The maximum atomic E-state index is 11.7. The van der Waals surface area contributed by atoms with Crippen LogP contribution in [-0.4, -0.2) is 32.7 Å². The highest BCUT2D eigenvalue weighted by Crippen LogP contribution is 2.17. The summed E-state index contributed by atoms with van der Waals surface area (Å²) in [6, 6.07) is 0. The van der Waals surface area contributed by atoms with Crippen molar-refractivity contribution in [3.63, 3.8) is 0 Å². The predicted molar refractivity (Wildman–Crippen MR) is 66.8 cm³/mol. The normalized spacial score (nSPS) is 16.7. The molecule has 102 valence electrons. The maximum Gasteiger partial charge on any atom is 0.347 e. The van der Waals surface area contributed by atoms with Gasteiger partial charge in [-0.3, -0.25) is 0 Å². The Balaban J connectivity index is 2.96. The van der Waals surface area contributed by atoms with E-state index in [1.807, 2.05) is 0 Å². The number of methoxy groups -OCH3 is 2. The first-order valence-electron chi connectivity index (χ1n) is 6.34. The highest BCUT2D eigenvalue weighted by molar-refractivity contribution is 6.14. The fourth-order valence-electron chi connectivity index (χ4n) is 2.03. The lowest BCUT2D eigenvalue weighted by atomic mass is 10.1. The lowest BCUT2D eigenvalue weighted by Crippen LogP contribution is -2.25. The topological polar surface area (TPSA) is 64.6 Å². The minimum atomic E-state index is -0.636. The molecule has 0 aromatic rings. The van der Waals surface area contributed by atoms with Crippen LogP contribution in [-0.2, 0) is 19.1 Å². The molecular formula is C13H21NO4. The molecule has 0 radical (unpaired) electrons. The highest BCUT2D eigenvalue weighted by Gasteiger charge is 2.24. The van der Waals surface area contributed by atoms with E-state index in [1.165, 1.54) is 27.1 Å². The second-order valence-corrected chi connectivity index (χ2v) is 4.28. The van der Waals surface area contributed by atoms with Crippen molar-refractivity contribution in [2.45, 2.75) is 38.5 Å². The molecule has 0 amide bonds. The molecule has 1 heterocycles. The first-order chi connectivity index (χ1) is 8.70. The van der Waals surface area contributed by atoms with Crippen LogP contribution in [0.4, 0.5) is 0 Å². The van der Waals surface area contributed by atoms with Gasteiger partial charge >= 0.3 is 11.9 Å². The molecule has 0 unspecified atom stereocenters. The van der Waals surface area contributed by atoms with Gasteiger partial charge in [0.1, 0.15) is 0 Å². The van der Waals surface area contributed by atoms with Gasteiger partial charge in [-0.25, -0.2) is 9.59 Å². The van der Waals surface area contributed by atoms with Gasteiger partial charge in [0.05, 0.1) is 14.2 Å². The van der Waals surface area contributed by atoms with Crippen molar-refractivity contribution in [2.24, 2.45) is 0 Å². The molecule has 1 aliphatic rings. The number of ether oxygens (including phenoxy) is 2. The molecule has 1 aliphatic heterocycles. The van der Waals surface area contributed by atoms with Crippen molar-refractivity contribution in [2.75, 3.05) is 20.8 Å². The Hall–Kier alpha value is -1.52. The molecule has 0 saturated carbocycles. The molecule has 5 nitrogen and oxygen atoms in total. The molecule has 1 N–H and O–H groups in total.